The van der Waals surface area contributed by atoms with Gasteiger partial charge in [0.05, 0.1) is 11.9 Å². The molecular formula is C13H18N4O2S. The summed E-state index contributed by atoms with van der Waals surface area (Å²) in [7, 11) is -3.66. The van der Waals surface area contributed by atoms with Gasteiger partial charge in [-0.15, -0.1) is 0 Å². The fourth-order valence-electron chi connectivity index (χ4n) is 1.77. The van der Waals surface area contributed by atoms with Crippen LogP contribution in [0.2, 0.25) is 0 Å². The highest BCUT2D eigenvalue weighted by Gasteiger charge is 2.18. The molecule has 7 heteroatoms. The number of rotatable bonds is 5. The standard InChI is InChI=1S/C13H18N4O2S/c1-3-12-15-8-13(16-12)20(18,19)17-11-6-10(7-14)5-4-9(11)2/h4-6,8,17H,3,7,14H2,1-2H3,(H,15,16). The molecule has 4 N–H and O–H groups in total. The number of benzene rings is 1. The molecule has 0 aliphatic carbocycles. The van der Waals surface area contributed by atoms with Gasteiger partial charge in [0.25, 0.3) is 10.0 Å². The summed E-state index contributed by atoms with van der Waals surface area (Å²) in [6.07, 6.45) is 1.97. The Morgan fingerprint density at radius 1 is 1.40 bits per heavy atom. The van der Waals surface area contributed by atoms with Crippen LogP contribution in [0, 0.1) is 6.92 Å². The van der Waals surface area contributed by atoms with Crippen molar-refractivity contribution < 1.29 is 8.42 Å². The van der Waals surface area contributed by atoms with Gasteiger partial charge in [-0.1, -0.05) is 19.1 Å². The molecule has 1 aromatic carbocycles. The molecule has 0 saturated carbocycles. The van der Waals surface area contributed by atoms with Crippen molar-refractivity contribution in [2.24, 2.45) is 5.73 Å². The third-order valence-electron chi connectivity index (χ3n) is 3.01. The molecule has 2 aromatic rings. The van der Waals surface area contributed by atoms with Crippen molar-refractivity contribution in [2.75, 3.05) is 4.72 Å². The number of aromatic nitrogens is 2. The van der Waals surface area contributed by atoms with Gasteiger partial charge in [-0.3, -0.25) is 4.72 Å². The molecule has 0 saturated heterocycles. The van der Waals surface area contributed by atoms with Crippen molar-refractivity contribution >= 4 is 15.7 Å². The van der Waals surface area contributed by atoms with Gasteiger partial charge in [-0.2, -0.15) is 8.42 Å². The number of aromatic amines is 1. The number of aryl methyl sites for hydroxylation is 2. The van der Waals surface area contributed by atoms with Crippen LogP contribution < -0.4 is 10.5 Å². The van der Waals surface area contributed by atoms with E-state index in [1.807, 2.05) is 26.0 Å². The van der Waals surface area contributed by atoms with Crippen molar-refractivity contribution in [3.05, 3.63) is 41.3 Å². The molecule has 1 aromatic heterocycles. The lowest BCUT2D eigenvalue weighted by Gasteiger charge is -2.10. The minimum Gasteiger partial charge on any atom is -0.332 e. The Kier molecular flexibility index (Phi) is 4.10. The number of imidazole rings is 1. The zero-order chi connectivity index (χ0) is 14.8. The van der Waals surface area contributed by atoms with Gasteiger partial charge in [0.2, 0.25) is 0 Å². The first kappa shape index (κ1) is 14.5. The van der Waals surface area contributed by atoms with E-state index in [2.05, 4.69) is 14.7 Å². The van der Waals surface area contributed by atoms with Gasteiger partial charge >= 0.3 is 0 Å². The number of nitrogens with zero attached hydrogens (tertiary/aromatic N) is 1. The van der Waals surface area contributed by atoms with Gasteiger partial charge in [0.15, 0.2) is 5.03 Å². The lowest BCUT2D eigenvalue weighted by molar-refractivity contribution is 0.598. The van der Waals surface area contributed by atoms with E-state index in [9.17, 15) is 8.42 Å². The molecule has 0 aliphatic heterocycles. The second-order valence-corrected chi connectivity index (χ2v) is 6.16. The second kappa shape index (κ2) is 5.64. The molecule has 0 fully saturated rings. The van der Waals surface area contributed by atoms with E-state index in [0.29, 0.717) is 24.5 Å². The van der Waals surface area contributed by atoms with Gasteiger partial charge in [0, 0.05) is 13.0 Å². The summed E-state index contributed by atoms with van der Waals surface area (Å²) in [4.78, 5) is 6.79. The van der Waals surface area contributed by atoms with Gasteiger partial charge in [0.1, 0.15) is 5.82 Å². The molecule has 2 rings (SSSR count). The predicted octanol–water partition coefficient (Wildman–Crippen LogP) is 1.54. The van der Waals surface area contributed by atoms with Crippen LogP contribution >= 0.6 is 0 Å². The largest absolute Gasteiger partial charge is 0.332 e. The number of H-pyrrole nitrogens is 1. The molecule has 20 heavy (non-hydrogen) atoms. The van der Waals surface area contributed by atoms with E-state index in [1.165, 1.54) is 6.20 Å². The number of nitrogens with one attached hydrogen (secondary N) is 2. The third-order valence-corrected chi connectivity index (χ3v) is 4.29. The molecule has 0 bridgehead atoms. The smallest absolute Gasteiger partial charge is 0.278 e. The summed E-state index contributed by atoms with van der Waals surface area (Å²) in [5, 5.41) is 0.0619. The molecule has 0 radical (unpaired) electrons. The summed E-state index contributed by atoms with van der Waals surface area (Å²) < 4.78 is 27.1. The zero-order valence-corrected chi connectivity index (χ0v) is 12.3. The first-order chi connectivity index (χ1) is 9.46. The minimum atomic E-state index is -3.66. The van der Waals surface area contributed by atoms with E-state index in [4.69, 9.17) is 5.73 Å². The van der Waals surface area contributed by atoms with Crippen LogP contribution in [-0.4, -0.2) is 18.4 Å². The van der Waals surface area contributed by atoms with Crippen molar-refractivity contribution in [3.8, 4) is 0 Å². The Morgan fingerprint density at radius 2 is 2.15 bits per heavy atom. The topological polar surface area (TPSA) is 101 Å². The van der Waals surface area contributed by atoms with Crippen LogP contribution in [0.25, 0.3) is 0 Å². The lowest BCUT2D eigenvalue weighted by atomic mass is 10.1. The monoisotopic (exact) mass is 294 g/mol. The van der Waals surface area contributed by atoms with Crippen molar-refractivity contribution in [3.63, 3.8) is 0 Å². The molecule has 6 nitrogen and oxygen atoms in total. The SMILES string of the molecule is CCc1ncc(S(=O)(=O)Nc2cc(CN)ccc2C)[nH]1. The first-order valence-electron chi connectivity index (χ1n) is 6.32. The molecule has 0 spiro atoms. The zero-order valence-electron chi connectivity index (χ0n) is 11.5. The van der Waals surface area contributed by atoms with E-state index < -0.39 is 10.0 Å². The van der Waals surface area contributed by atoms with Crippen molar-refractivity contribution in [2.45, 2.75) is 31.8 Å². The lowest BCUT2D eigenvalue weighted by Crippen LogP contribution is -2.14. The maximum absolute atomic E-state index is 12.3. The molecule has 0 amide bonds. The van der Waals surface area contributed by atoms with Crippen LogP contribution in [0.1, 0.15) is 23.9 Å². The highest BCUT2D eigenvalue weighted by atomic mass is 32.2. The highest BCUT2D eigenvalue weighted by molar-refractivity contribution is 7.92. The predicted molar refractivity (Wildman–Crippen MR) is 77.8 cm³/mol. The minimum absolute atomic E-state index is 0.0619. The molecular weight excluding hydrogens is 276 g/mol. The maximum atomic E-state index is 12.3. The number of nitrogens with two attached hydrogens (primary N) is 1. The van der Waals surface area contributed by atoms with Gasteiger partial charge in [-0.25, -0.2) is 4.98 Å². The Morgan fingerprint density at radius 3 is 2.75 bits per heavy atom. The van der Waals surface area contributed by atoms with Crippen LogP contribution in [0.5, 0.6) is 0 Å². The molecule has 1 heterocycles. The van der Waals surface area contributed by atoms with Gasteiger partial charge in [-0.05, 0) is 24.1 Å². The van der Waals surface area contributed by atoms with Crippen LogP contribution in [-0.2, 0) is 23.0 Å². The van der Waals surface area contributed by atoms with E-state index in [-0.39, 0.29) is 5.03 Å². The van der Waals surface area contributed by atoms with Crippen LogP contribution in [0.3, 0.4) is 0 Å². The number of sulfonamides is 1. The van der Waals surface area contributed by atoms with Gasteiger partial charge < -0.3 is 10.7 Å². The highest BCUT2D eigenvalue weighted by Crippen LogP contribution is 2.20. The Bertz CT molecular complexity index is 707. The normalized spacial score (nSPS) is 11.6. The molecule has 0 unspecified atom stereocenters. The molecule has 108 valence electrons. The molecule has 0 atom stereocenters. The number of anilines is 1. The third kappa shape index (κ3) is 3.00. The Labute approximate surface area is 118 Å². The fraction of sp³-hybridized carbons (Fsp3) is 0.308. The summed E-state index contributed by atoms with van der Waals surface area (Å²) in [5.41, 5.74) is 7.80. The summed E-state index contributed by atoms with van der Waals surface area (Å²) in [5.74, 6) is 0.637. The average Bonchev–Trinajstić information content (AvgIpc) is 2.91. The van der Waals surface area contributed by atoms with Crippen LogP contribution in [0.15, 0.2) is 29.4 Å². The summed E-state index contributed by atoms with van der Waals surface area (Å²) >= 11 is 0. The Hall–Kier alpha value is -1.86. The number of hydrogen-bond acceptors (Lipinski definition) is 4. The van der Waals surface area contributed by atoms with Crippen molar-refractivity contribution in [1.29, 1.82) is 0 Å². The fourth-order valence-corrected chi connectivity index (χ4v) is 2.83. The van der Waals surface area contributed by atoms with E-state index in [1.54, 1.807) is 6.07 Å². The average molecular weight is 294 g/mol. The molecule has 0 aliphatic rings. The second-order valence-electron chi connectivity index (χ2n) is 4.51. The van der Waals surface area contributed by atoms with E-state index in [0.717, 1.165) is 11.1 Å². The summed E-state index contributed by atoms with van der Waals surface area (Å²) in [6, 6.07) is 5.45. The maximum Gasteiger partial charge on any atom is 0.278 e. The summed E-state index contributed by atoms with van der Waals surface area (Å²) in [6.45, 7) is 4.10. The van der Waals surface area contributed by atoms with E-state index >= 15 is 0 Å². The van der Waals surface area contributed by atoms with Crippen LogP contribution in [0.4, 0.5) is 5.69 Å². The quantitative estimate of drug-likeness (QED) is 0.778. The number of hydrogen-bond donors (Lipinski definition) is 3. The van der Waals surface area contributed by atoms with Crippen molar-refractivity contribution in [1.82, 2.24) is 9.97 Å². The Balaban J connectivity index is 2.32. The first-order valence-corrected chi connectivity index (χ1v) is 7.81.